The van der Waals surface area contributed by atoms with E-state index < -0.39 is 22.3 Å². The molecule has 96 valence electrons. The summed E-state index contributed by atoms with van der Waals surface area (Å²) in [4.78, 5) is 11.8. The Balaban J connectivity index is 2.36. The number of thiol groups is 1. The second kappa shape index (κ2) is 5.44. The van der Waals surface area contributed by atoms with Crippen LogP contribution in [0.3, 0.4) is 0 Å². The minimum Gasteiger partial charge on any atom is -0.481 e. The van der Waals surface area contributed by atoms with E-state index in [0.717, 1.165) is 5.56 Å². The normalized spacial score (nSPS) is 18.8. The molecule has 18 heavy (non-hydrogen) atoms. The summed E-state index contributed by atoms with van der Waals surface area (Å²) in [6.07, 6.45) is 4.64. The van der Waals surface area contributed by atoms with Gasteiger partial charge in [0.15, 0.2) is 0 Å². The first kappa shape index (κ1) is 13.0. The molecular weight excluding hydrogens is 244 g/mol. The molecule has 3 heteroatoms. The van der Waals surface area contributed by atoms with Crippen LogP contribution in [0.15, 0.2) is 53.3 Å². The van der Waals surface area contributed by atoms with Crippen molar-refractivity contribution in [1.82, 2.24) is 0 Å². The highest BCUT2D eigenvalue weighted by atomic mass is 32.2. The summed E-state index contributed by atoms with van der Waals surface area (Å²) in [5.74, 6) is -0.0297. The Morgan fingerprint density at radius 3 is 2.33 bits per heavy atom. The maximum atomic E-state index is 11.8. The summed E-state index contributed by atoms with van der Waals surface area (Å²) in [7, 11) is -0.437. The molecule has 0 aromatic heterocycles. The average molecular weight is 262 g/mol. The monoisotopic (exact) mass is 262 g/mol. The van der Waals surface area contributed by atoms with E-state index in [4.69, 9.17) is 0 Å². The van der Waals surface area contributed by atoms with Gasteiger partial charge in [0.25, 0.3) is 0 Å². The molecule has 0 fully saturated rings. The molecule has 1 atom stereocenters. The van der Waals surface area contributed by atoms with Gasteiger partial charge in [-0.15, -0.1) is 0 Å². The number of aliphatic carboxylic acids is 1. The predicted octanol–water partition coefficient (Wildman–Crippen LogP) is 3.46. The second-order valence-corrected chi connectivity index (χ2v) is 6.40. The van der Waals surface area contributed by atoms with Crippen LogP contribution in [0.1, 0.15) is 18.9 Å². The molecule has 2 nitrogen and oxygen atoms in total. The number of carboxylic acids is 1. The van der Waals surface area contributed by atoms with Gasteiger partial charge in [0, 0.05) is 5.75 Å². The molecule has 0 saturated carbocycles. The quantitative estimate of drug-likeness (QED) is 0.797. The van der Waals surface area contributed by atoms with Crippen molar-refractivity contribution in [2.45, 2.75) is 18.8 Å². The molecule has 0 aliphatic carbocycles. The Hall–Kier alpha value is -1.48. The van der Waals surface area contributed by atoms with E-state index in [-0.39, 0.29) is 0 Å². The van der Waals surface area contributed by atoms with Gasteiger partial charge in [0.1, 0.15) is 5.41 Å². The second-order valence-electron chi connectivity index (χ2n) is 4.46. The number of hydrogen-bond acceptors (Lipinski definition) is 1. The zero-order valence-electron chi connectivity index (χ0n) is 10.4. The number of hydrogen-bond donors (Lipinski definition) is 2. The van der Waals surface area contributed by atoms with Crippen molar-refractivity contribution < 1.29 is 9.90 Å². The summed E-state index contributed by atoms with van der Waals surface area (Å²) >= 11 is 0. The van der Waals surface area contributed by atoms with Crippen LogP contribution in [0.4, 0.5) is 0 Å². The van der Waals surface area contributed by atoms with E-state index in [1.54, 1.807) is 0 Å². The van der Waals surface area contributed by atoms with Gasteiger partial charge in [0.2, 0.25) is 0 Å². The lowest BCUT2D eigenvalue weighted by molar-refractivity contribution is -0.143. The molecule has 1 aromatic carbocycles. The number of rotatable bonds is 5. The van der Waals surface area contributed by atoms with Crippen LogP contribution in [-0.2, 0) is 10.2 Å². The molecular formula is C15H18O2S. The highest BCUT2D eigenvalue weighted by molar-refractivity contribution is 8.22. The first-order chi connectivity index (χ1) is 8.69. The Morgan fingerprint density at radius 2 is 1.83 bits per heavy atom. The topological polar surface area (TPSA) is 37.3 Å². The smallest absolute Gasteiger partial charge is 0.314 e. The van der Waals surface area contributed by atoms with Crippen molar-refractivity contribution in [2.75, 3.05) is 5.75 Å². The summed E-state index contributed by atoms with van der Waals surface area (Å²) in [6.45, 7) is 1.96. The van der Waals surface area contributed by atoms with E-state index in [1.165, 1.54) is 0 Å². The summed E-state index contributed by atoms with van der Waals surface area (Å²) in [6, 6.07) is 9.60. The summed E-state index contributed by atoms with van der Waals surface area (Å²) in [5.41, 5.74) is 0.155. The molecule has 0 saturated heterocycles. The lowest BCUT2D eigenvalue weighted by atomic mass is 9.80. The molecule has 0 radical (unpaired) electrons. The van der Waals surface area contributed by atoms with Crippen molar-refractivity contribution in [3.05, 3.63) is 58.9 Å². The highest BCUT2D eigenvalue weighted by Gasteiger charge is 2.39. The van der Waals surface area contributed by atoms with Gasteiger partial charge < -0.3 is 5.11 Å². The van der Waals surface area contributed by atoms with Crippen LogP contribution in [0.2, 0.25) is 0 Å². The molecule has 2 rings (SSSR count). The van der Waals surface area contributed by atoms with Crippen molar-refractivity contribution >= 4 is 16.9 Å². The van der Waals surface area contributed by atoms with E-state index in [2.05, 4.69) is 10.8 Å². The van der Waals surface area contributed by atoms with Gasteiger partial charge in [-0.1, -0.05) is 49.4 Å². The first-order valence-electron chi connectivity index (χ1n) is 6.09. The van der Waals surface area contributed by atoms with Gasteiger partial charge >= 0.3 is 5.97 Å². The van der Waals surface area contributed by atoms with Crippen LogP contribution in [0.5, 0.6) is 0 Å². The minimum absolute atomic E-state index is 0.437. The predicted molar refractivity (Wildman–Crippen MR) is 78.2 cm³/mol. The molecule has 1 N–H and O–H groups in total. The molecule has 1 aliphatic rings. The Bertz CT molecular complexity index is 467. The van der Waals surface area contributed by atoms with Crippen LogP contribution >= 0.6 is 10.9 Å². The Morgan fingerprint density at radius 1 is 1.22 bits per heavy atom. The Labute approximate surface area is 110 Å². The van der Waals surface area contributed by atoms with E-state index in [1.807, 2.05) is 49.4 Å². The highest BCUT2D eigenvalue weighted by Crippen LogP contribution is 2.42. The lowest BCUT2D eigenvalue weighted by Crippen LogP contribution is -2.38. The van der Waals surface area contributed by atoms with Crippen LogP contribution < -0.4 is 0 Å². The van der Waals surface area contributed by atoms with Gasteiger partial charge in [-0.2, -0.15) is 0 Å². The average Bonchev–Trinajstić information content (AvgIpc) is 2.89. The van der Waals surface area contributed by atoms with Crippen LogP contribution in [-0.4, -0.2) is 16.8 Å². The van der Waals surface area contributed by atoms with Crippen molar-refractivity contribution in [3.8, 4) is 0 Å². The molecule has 0 bridgehead atoms. The minimum atomic E-state index is -0.758. The summed E-state index contributed by atoms with van der Waals surface area (Å²) in [5, 5.41) is 14.0. The number of benzene rings is 1. The van der Waals surface area contributed by atoms with E-state index in [0.29, 0.717) is 12.2 Å². The number of allylic oxidation sites excluding steroid dienone is 2. The van der Waals surface area contributed by atoms with Crippen molar-refractivity contribution in [3.63, 3.8) is 0 Å². The van der Waals surface area contributed by atoms with Gasteiger partial charge in [-0.25, -0.2) is 10.9 Å². The third-order valence-electron chi connectivity index (χ3n) is 3.46. The fourth-order valence-corrected chi connectivity index (χ4v) is 4.41. The maximum absolute atomic E-state index is 11.8. The third kappa shape index (κ3) is 2.36. The van der Waals surface area contributed by atoms with Gasteiger partial charge in [-0.3, -0.25) is 4.79 Å². The standard InChI is InChI=1S/C15H18O2S/c1-2-15(14(16)17,12-18-10-6-7-11-18)13-8-4-3-5-9-13/h3-11,18H,2,12H2,1H3,(H,16,17). The Kier molecular flexibility index (Phi) is 3.92. The lowest BCUT2D eigenvalue weighted by Gasteiger charge is -2.31. The van der Waals surface area contributed by atoms with Gasteiger partial charge in [0.05, 0.1) is 0 Å². The molecule has 0 amide bonds. The van der Waals surface area contributed by atoms with Crippen molar-refractivity contribution in [1.29, 1.82) is 0 Å². The third-order valence-corrected chi connectivity index (χ3v) is 5.47. The fraction of sp³-hybridized carbons (Fsp3) is 0.267. The van der Waals surface area contributed by atoms with Crippen LogP contribution in [0.25, 0.3) is 0 Å². The molecule has 0 spiro atoms. The number of carbonyl (C=O) groups is 1. The molecule has 1 aliphatic heterocycles. The SMILES string of the molecule is CCC(C[SH]1C=CC=C1)(C(=O)O)c1ccccc1. The van der Waals surface area contributed by atoms with E-state index >= 15 is 0 Å². The van der Waals surface area contributed by atoms with Gasteiger partial charge in [-0.05, 0) is 22.8 Å². The molecule has 1 unspecified atom stereocenters. The maximum Gasteiger partial charge on any atom is 0.314 e. The van der Waals surface area contributed by atoms with Crippen LogP contribution in [0, 0.1) is 0 Å². The largest absolute Gasteiger partial charge is 0.481 e. The van der Waals surface area contributed by atoms with Crippen molar-refractivity contribution in [2.24, 2.45) is 0 Å². The number of carboxylic acid groups (broad SMARTS) is 1. The zero-order chi connectivity index (χ0) is 13.0. The molecule has 1 heterocycles. The molecule has 1 aromatic rings. The van der Waals surface area contributed by atoms with E-state index in [9.17, 15) is 9.90 Å². The zero-order valence-corrected chi connectivity index (χ0v) is 11.3. The first-order valence-corrected chi connectivity index (χ1v) is 7.75. The fourth-order valence-electron chi connectivity index (χ4n) is 2.29. The summed E-state index contributed by atoms with van der Waals surface area (Å²) < 4.78 is 0.